The molecule has 2 atom stereocenters. The normalized spacial score (nSPS) is 25.6. The zero-order valence-electron chi connectivity index (χ0n) is 16.1. The lowest BCUT2D eigenvalue weighted by atomic mass is 9.83. The van der Waals surface area contributed by atoms with Crippen LogP contribution in [0.2, 0.25) is 0 Å². The Morgan fingerprint density at radius 2 is 1.89 bits per heavy atom. The Morgan fingerprint density at radius 1 is 1.11 bits per heavy atom. The number of fused-ring (bicyclic) bond motifs is 1. The van der Waals surface area contributed by atoms with E-state index in [0.29, 0.717) is 5.92 Å². The van der Waals surface area contributed by atoms with Crippen molar-refractivity contribution in [2.24, 2.45) is 11.8 Å². The van der Waals surface area contributed by atoms with Gasteiger partial charge in [0, 0.05) is 69.5 Å². The highest BCUT2D eigenvalue weighted by Crippen LogP contribution is 2.38. The molecule has 1 aliphatic carbocycles. The van der Waals surface area contributed by atoms with Crippen LogP contribution >= 0.6 is 11.5 Å². The highest BCUT2D eigenvalue weighted by Gasteiger charge is 2.40. The Labute approximate surface area is 164 Å². The number of hydrogen-bond acceptors (Lipinski definition) is 8. The van der Waals surface area contributed by atoms with E-state index in [4.69, 9.17) is 0 Å². The minimum atomic E-state index is 0.669. The number of likely N-dealkylation sites (tertiary alicyclic amines) is 1. The van der Waals surface area contributed by atoms with E-state index >= 15 is 0 Å². The maximum atomic E-state index is 4.63. The van der Waals surface area contributed by atoms with Crippen LogP contribution in [-0.4, -0.2) is 64.5 Å². The number of aromatic nitrogens is 4. The van der Waals surface area contributed by atoms with Crippen LogP contribution in [0.4, 0.5) is 10.9 Å². The lowest BCUT2D eigenvalue weighted by molar-refractivity contribution is 0.302. The van der Waals surface area contributed by atoms with E-state index < -0.39 is 0 Å². The van der Waals surface area contributed by atoms with Crippen LogP contribution in [0.5, 0.6) is 0 Å². The molecule has 2 aromatic heterocycles. The lowest BCUT2D eigenvalue weighted by Gasteiger charge is -2.26. The molecule has 3 fully saturated rings. The predicted octanol–water partition coefficient (Wildman–Crippen LogP) is 2.23. The van der Waals surface area contributed by atoms with Gasteiger partial charge in [-0.1, -0.05) is 6.42 Å². The summed E-state index contributed by atoms with van der Waals surface area (Å²) in [6.07, 6.45) is 5.69. The molecular weight excluding hydrogens is 358 g/mol. The molecule has 0 aromatic carbocycles. The van der Waals surface area contributed by atoms with Gasteiger partial charge in [-0.2, -0.15) is 4.37 Å². The Balaban J connectivity index is 1.19. The number of nitrogens with zero attached hydrogens (tertiary/aromatic N) is 7. The molecule has 0 N–H and O–H groups in total. The lowest BCUT2D eigenvalue weighted by Crippen LogP contribution is -2.29. The van der Waals surface area contributed by atoms with Gasteiger partial charge in [-0.25, -0.2) is 15.0 Å². The largest absolute Gasteiger partial charge is 0.356 e. The van der Waals surface area contributed by atoms with Crippen LogP contribution < -0.4 is 9.80 Å². The molecule has 7 nitrogen and oxygen atoms in total. The van der Waals surface area contributed by atoms with Gasteiger partial charge >= 0.3 is 0 Å². The van der Waals surface area contributed by atoms with E-state index in [-0.39, 0.29) is 0 Å². The van der Waals surface area contributed by atoms with E-state index in [1.165, 1.54) is 36.5 Å². The summed E-state index contributed by atoms with van der Waals surface area (Å²) in [6, 6.07) is 2.24. The highest BCUT2D eigenvalue weighted by atomic mass is 32.1. The minimum absolute atomic E-state index is 0.669. The third-order valence-corrected chi connectivity index (χ3v) is 7.21. The van der Waals surface area contributed by atoms with Gasteiger partial charge in [-0.15, -0.1) is 0 Å². The topological polar surface area (TPSA) is 61.3 Å². The molecule has 1 saturated carbocycles. The molecular formula is C19H27N7S. The van der Waals surface area contributed by atoms with Crippen LogP contribution in [0.3, 0.4) is 0 Å². The first-order valence-corrected chi connectivity index (χ1v) is 10.7. The Hall–Kier alpha value is -1.80. The smallest absolute Gasteiger partial charge is 0.204 e. The summed E-state index contributed by atoms with van der Waals surface area (Å²) >= 11 is 1.49. The van der Waals surface area contributed by atoms with Gasteiger partial charge < -0.3 is 9.80 Å². The van der Waals surface area contributed by atoms with Crippen molar-refractivity contribution in [2.75, 3.05) is 50.1 Å². The Kier molecular flexibility index (Phi) is 4.47. The second-order valence-electron chi connectivity index (χ2n) is 8.44. The zero-order chi connectivity index (χ0) is 18.4. The quantitative estimate of drug-likeness (QED) is 0.782. The van der Waals surface area contributed by atoms with E-state index in [1.807, 2.05) is 19.0 Å². The second kappa shape index (κ2) is 6.98. The van der Waals surface area contributed by atoms with Gasteiger partial charge in [-0.05, 0) is 24.7 Å². The van der Waals surface area contributed by atoms with Crippen LogP contribution in [0.25, 0.3) is 0 Å². The van der Waals surface area contributed by atoms with Crippen LogP contribution in [-0.2, 0) is 6.54 Å². The van der Waals surface area contributed by atoms with Crippen molar-refractivity contribution in [1.82, 2.24) is 24.2 Å². The number of rotatable bonds is 5. The van der Waals surface area contributed by atoms with Crippen LogP contribution in [0.15, 0.2) is 12.4 Å². The highest BCUT2D eigenvalue weighted by molar-refractivity contribution is 7.09. The molecule has 27 heavy (non-hydrogen) atoms. The molecule has 2 aliphatic heterocycles. The van der Waals surface area contributed by atoms with Gasteiger partial charge in [0.1, 0.15) is 12.1 Å². The summed E-state index contributed by atoms with van der Waals surface area (Å²) in [7, 11) is 4.03. The molecule has 0 bridgehead atoms. The van der Waals surface area contributed by atoms with Crippen molar-refractivity contribution in [3.8, 4) is 0 Å². The van der Waals surface area contributed by atoms with E-state index in [0.717, 1.165) is 61.3 Å². The van der Waals surface area contributed by atoms with Crippen molar-refractivity contribution >= 4 is 22.5 Å². The predicted molar refractivity (Wildman–Crippen MR) is 107 cm³/mol. The maximum Gasteiger partial charge on any atom is 0.204 e. The van der Waals surface area contributed by atoms with Gasteiger partial charge in [0.05, 0.1) is 6.54 Å². The molecule has 0 radical (unpaired) electrons. The van der Waals surface area contributed by atoms with E-state index in [1.54, 1.807) is 6.33 Å². The third-order valence-electron chi connectivity index (χ3n) is 6.29. The number of hydrogen-bond donors (Lipinski definition) is 0. The van der Waals surface area contributed by atoms with Gasteiger partial charge in [0.2, 0.25) is 5.13 Å². The molecule has 0 amide bonds. The summed E-state index contributed by atoms with van der Waals surface area (Å²) < 4.78 is 4.52. The fourth-order valence-corrected chi connectivity index (χ4v) is 5.15. The minimum Gasteiger partial charge on any atom is -0.356 e. The summed E-state index contributed by atoms with van der Waals surface area (Å²) in [5.74, 6) is 4.20. The second-order valence-corrected chi connectivity index (χ2v) is 9.17. The Morgan fingerprint density at radius 3 is 2.52 bits per heavy atom. The van der Waals surface area contributed by atoms with E-state index in [9.17, 15) is 0 Å². The molecule has 144 valence electrons. The molecule has 5 rings (SSSR count). The maximum absolute atomic E-state index is 4.63. The zero-order valence-corrected chi connectivity index (χ0v) is 16.9. The first kappa shape index (κ1) is 17.3. The molecule has 2 saturated heterocycles. The molecule has 3 aliphatic rings. The van der Waals surface area contributed by atoms with Gasteiger partial charge in [0.15, 0.2) is 5.82 Å². The summed E-state index contributed by atoms with van der Waals surface area (Å²) in [6.45, 7) is 5.36. The van der Waals surface area contributed by atoms with Gasteiger partial charge in [0.25, 0.3) is 0 Å². The first-order valence-electron chi connectivity index (χ1n) is 9.95. The summed E-state index contributed by atoms with van der Waals surface area (Å²) in [5.41, 5.74) is 1.25. The standard InChI is InChI=1S/C19H27N7S/c1-24(2)19-22-17(23-27-19)11-25-7-14-9-26(10-15(14)8-25)18-6-16(20-12-21-18)13-4-3-5-13/h6,12-15H,3-5,7-11H2,1-2H3. The summed E-state index contributed by atoms with van der Waals surface area (Å²) in [4.78, 5) is 20.7. The monoisotopic (exact) mass is 385 g/mol. The first-order chi connectivity index (χ1) is 13.2. The fraction of sp³-hybridized carbons (Fsp3) is 0.684. The van der Waals surface area contributed by atoms with Crippen molar-refractivity contribution in [3.05, 3.63) is 23.9 Å². The van der Waals surface area contributed by atoms with Crippen molar-refractivity contribution in [3.63, 3.8) is 0 Å². The average molecular weight is 386 g/mol. The number of anilines is 2. The molecule has 2 unspecified atom stereocenters. The molecule has 2 aromatic rings. The van der Waals surface area contributed by atoms with E-state index in [2.05, 4.69) is 35.2 Å². The molecule has 0 spiro atoms. The van der Waals surface area contributed by atoms with Crippen LogP contribution in [0, 0.1) is 11.8 Å². The van der Waals surface area contributed by atoms with Gasteiger partial charge in [-0.3, -0.25) is 4.90 Å². The van der Waals surface area contributed by atoms with Crippen molar-refractivity contribution < 1.29 is 0 Å². The average Bonchev–Trinajstić information content (AvgIpc) is 3.28. The van der Waals surface area contributed by atoms with Crippen molar-refractivity contribution in [1.29, 1.82) is 0 Å². The van der Waals surface area contributed by atoms with Crippen LogP contribution in [0.1, 0.15) is 36.7 Å². The molecule has 4 heterocycles. The fourth-order valence-electron chi connectivity index (χ4n) is 4.56. The molecule has 8 heteroatoms. The summed E-state index contributed by atoms with van der Waals surface area (Å²) in [5, 5.41) is 0.988. The SMILES string of the molecule is CN(C)c1nc(CN2CC3CN(c4cc(C5CCC5)ncn4)CC3C2)ns1. The Bertz CT molecular complexity index is 789. The third kappa shape index (κ3) is 3.40. The van der Waals surface area contributed by atoms with Crippen molar-refractivity contribution in [2.45, 2.75) is 31.7 Å².